The molecule has 1 aliphatic heterocycles. The molecular formula is C38H23N3. The molecule has 1 aliphatic rings. The van der Waals surface area contributed by atoms with Gasteiger partial charge in [-0.15, -0.1) is 0 Å². The fourth-order valence-electron chi connectivity index (χ4n) is 6.55. The maximum absolute atomic E-state index is 5.17. The van der Waals surface area contributed by atoms with Gasteiger partial charge >= 0.3 is 0 Å². The van der Waals surface area contributed by atoms with Crippen LogP contribution in [0.1, 0.15) is 0 Å². The topological polar surface area (TPSA) is 30.7 Å². The van der Waals surface area contributed by atoms with Crippen LogP contribution in [0.15, 0.2) is 140 Å². The van der Waals surface area contributed by atoms with Gasteiger partial charge in [0, 0.05) is 38.4 Å². The lowest BCUT2D eigenvalue weighted by atomic mass is 9.92. The highest BCUT2D eigenvalue weighted by Gasteiger charge is 2.24. The fourth-order valence-corrected chi connectivity index (χ4v) is 6.55. The van der Waals surface area contributed by atoms with Crippen molar-refractivity contribution in [2.75, 3.05) is 0 Å². The number of hydrogen-bond acceptors (Lipinski definition) is 2. The molecule has 9 rings (SSSR count). The average molecular weight is 522 g/mol. The fraction of sp³-hybridized carbons (Fsp3) is 0. The van der Waals surface area contributed by atoms with Gasteiger partial charge in [0.25, 0.3) is 0 Å². The molecule has 0 bridgehead atoms. The average Bonchev–Trinajstić information content (AvgIpc) is 3.32. The molecule has 0 saturated heterocycles. The summed E-state index contributed by atoms with van der Waals surface area (Å²) in [4.78, 5) is 10.2. The molecule has 0 radical (unpaired) electrons. The van der Waals surface area contributed by atoms with Crippen LogP contribution in [0.5, 0.6) is 0 Å². The zero-order valence-electron chi connectivity index (χ0n) is 22.1. The van der Waals surface area contributed by atoms with E-state index in [-0.39, 0.29) is 0 Å². The van der Waals surface area contributed by atoms with Crippen LogP contribution in [0.3, 0.4) is 0 Å². The van der Waals surface area contributed by atoms with Crippen LogP contribution in [0.4, 0.5) is 0 Å². The Hall–Kier alpha value is -5.54. The van der Waals surface area contributed by atoms with E-state index in [9.17, 15) is 0 Å². The molecule has 0 N–H and O–H groups in total. The van der Waals surface area contributed by atoms with Crippen LogP contribution in [-0.2, 0) is 0 Å². The minimum absolute atomic E-state index is 0.732. The van der Waals surface area contributed by atoms with Crippen molar-refractivity contribution >= 4 is 32.7 Å². The maximum Gasteiger partial charge on any atom is 0.160 e. The molecule has 3 nitrogen and oxygen atoms in total. The number of para-hydroxylation sites is 4. The summed E-state index contributed by atoms with van der Waals surface area (Å²) >= 11 is 0. The largest absolute Gasteiger partial charge is 0.308 e. The SMILES string of the molecule is c1ccc(-c2nc(-c3ccc4c(c3)-c3cccc5c6ccccc6n(c35)-c3ccccc3-4)nc3ccccc23)cc1. The summed E-state index contributed by atoms with van der Waals surface area (Å²) in [6.07, 6.45) is 0. The number of aromatic nitrogens is 3. The highest BCUT2D eigenvalue weighted by atomic mass is 15.0. The van der Waals surface area contributed by atoms with Crippen LogP contribution in [0, 0.1) is 0 Å². The molecule has 0 amide bonds. The van der Waals surface area contributed by atoms with Crippen molar-refractivity contribution < 1.29 is 0 Å². The Balaban J connectivity index is 1.36. The molecule has 0 aliphatic carbocycles. The van der Waals surface area contributed by atoms with E-state index in [1.54, 1.807) is 0 Å². The van der Waals surface area contributed by atoms with E-state index >= 15 is 0 Å². The Labute approximate surface area is 237 Å². The molecule has 41 heavy (non-hydrogen) atoms. The molecule has 3 heterocycles. The lowest BCUT2D eigenvalue weighted by molar-refractivity contribution is 1.19. The highest BCUT2D eigenvalue weighted by Crippen LogP contribution is 2.47. The van der Waals surface area contributed by atoms with E-state index < -0.39 is 0 Å². The molecular weight excluding hydrogens is 498 g/mol. The van der Waals surface area contributed by atoms with Crippen LogP contribution in [0.2, 0.25) is 0 Å². The van der Waals surface area contributed by atoms with Gasteiger partial charge in [0.2, 0.25) is 0 Å². The predicted molar refractivity (Wildman–Crippen MR) is 169 cm³/mol. The number of nitrogens with zero attached hydrogens (tertiary/aromatic N) is 3. The second-order valence-electron chi connectivity index (χ2n) is 10.6. The quantitative estimate of drug-likeness (QED) is 0.227. The van der Waals surface area contributed by atoms with Gasteiger partial charge in [-0.05, 0) is 35.4 Å². The molecule has 0 atom stereocenters. The molecule has 190 valence electrons. The van der Waals surface area contributed by atoms with Crippen molar-refractivity contribution in [1.82, 2.24) is 14.5 Å². The summed E-state index contributed by atoms with van der Waals surface area (Å²) in [6, 6.07) is 49.5. The van der Waals surface area contributed by atoms with E-state index in [4.69, 9.17) is 9.97 Å². The highest BCUT2D eigenvalue weighted by molar-refractivity contribution is 6.16. The lowest BCUT2D eigenvalue weighted by Gasteiger charge is -2.14. The summed E-state index contributed by atoms with van der Waals surface area (Å²) in [5.74, 6) is 0.732. The van der Waals surface area contributed by atoms with Crippen molar-refractivity contribution in [2.45, 2.75) is 0 Å². The number of benzene rings is 6. The molecule has 6 aromatic carbocycles. The zero-order chi connectivity index (χ0) is 26.9. The van der Waals surface area contributed by atoms with Crippen LogP contribution in [0.25, 0.3) is 83.3 Å². The van der Waals surface area contributed by atoms with E-state index in [1.807, 2.05) is 12.1 Å². The van der Waals surface area contributed by atoms with Crippen LogP contribution < -0.4 is 0 Å². The number of rotatable bonds is 2. The van der Waals surface area contributed by atoms with Gasteiger partial charge in [0.15, 0.2) is 5.82 Å². The summed E-state index contributed by atoms with van der Waals surface area (Å²) < 4.78 is 2.44. The van der Waals surface area contributed by atoms with Gasteiger partial charge < -0.3 is 4.57 Å². The van der Waals surface area contributed by atoms with E-state index in [1.165, 1.54) is 49.7 Å². The third kappa shape index (κ3) is 3.20. The summed E-state index contributed by atoms with van der Waals surface area (Å²) in [5.41, 5.74) is 12.5. The third-order valence-electron chi connectivity index (χ3n) is 8.35. The van der Waals surface area contributed by atoms with Crippen molar-refractivity contribution in [3.63, 3.8) is 0 Å². The molecule has 3 heteroatoms. The first kappa shape index (κ1) is 22.3. The molecule has 0 unspecified atom stereocenters. The monoisotopic (exact) mass is 521 g/mol. The standard InChI is InChI=1S/C38H23N3/c1-2-11-24(12-3-1)36-31-15-4-7-18-33(31)39-38(40-36)25-21-22-26-27-13-5-8-19-34(27)41-35-20-9-6-14-28(35)29-16-10-17-30(37(29)41)32(26)23-25/h1-23H. The minimum atomic E-state index is 0.732. The second-order valence-corrected chi connectivity index (χ2v) is 10.6. The third-order valence-corrected chi connectivity index (χ3v) is 8.35. The Morgan fingerprint density at radius 3 is 2.10 bits per heavy atom. The van der Waals surface area contributed by atoms with Crippen LogP contribution >= 0.6 is 0 Å². The van der Waals surface area contributed by atoms with Gasteiger partial charge in [0.1, 0.15) is 0 Å². The van der Waals surface area contributed by atoms with Gasteiger partial charge in [-0.1, -0.05) is 115 Å². The van der Waals surface area contributed by atoms with E-state index in [2.05, 4.69) is 132 Å². The molecule has 2 aromatic heterocycles. The lowest BCUT2D eigenvalue weighted by Crippen LogP contribution is -1.96. The smallest absolute Gasteiger partial charge is 0.160 e. The first-order valence-electron chi connectivity index (χ1n) is 13.9. The Morgan fingerprint density at radius 1 is 0.439 bits per heavy atom. The summed E-state index contributed by atoms with van der Waals surface area (Å²) in [5, 5.41) is 3.59. The van der Waals surface area contributed by atoms with Crippen molar-refractivity contribution in [3.8, 4) is 50.6 Å². The Bertz CT molecular complexity index is 2310. The summed E-state index contributed by atoms with van der Waals surface area (Å²) in [6.45, 7) is 0. The Kier molecular flexibility index (Phi) is 4.61. The van der Waals surface area contributed by atoms with Gasteiger partial charge in [-0.3, -0.25) is 0 Å². The predicted octanol–water partition coefficient (Wildman–Crippen LogP) is 9.71. The summed E-state index contributed by atoms with van der Waals surface area (Å²) in [7, 11) is 0. The van der Waals surface area contributed by atoms with E-state index in [0.717, 1.165) is 33.5 Å². The van der Waals surface area contributed by atoms with Gasteiger partial charge in [0.05, 0.1) is 27.9 Å². The maximum atomic E-state index is 5.17. The first-order chi connectivity index (χ1) is 20.3. The Morgan fingerprint density at radius 2 is 1.17 bits per heavy atom. The molecule has 0 spiro atoms. The van der Waals surface area contributed by atoms with Gasteiger partial charge in [-0.2, -0.15) is 0 Å². The van der Waals surface area contributed by atoms with Crippen molar-refractivity contribution in [1.29, 1.82) is 0 Å². The second kappa shape index (κ2) is 8.48. The minimum Gasteiger partial charge on any atom is -0.308 e. The normalized spacial score (nSPS) is 11.9. The van der Waals surface area contributed by atoms with Crippen molar-refractivity contribution in [2.24, 2.45) is 0 Å². The van der Waals surface area contributed by atoms with Gasteiger partial charge in [-0.25, -0.2) is 9.97 Å². The van der Waals surface area contributed by atoms with Crippen molar-refractivity contribution in [3.05, 3.63) is 140 Å². The first-order valence-corrected chi connectivity index (χ1v) is 13.9. The number of hydrogen-bond donors (Lipinski definition) is 0. The molecule has 0 saturated carbocycles. The molecule has 0 fully saturated rings. The molecule has 8 aromatic rings. The zero-order valence-corrected chi connectivity index (χ0v) is 22.1. The van der Waals surface area contributed by atoms with Crippen LogP contribution in [-0.4, -0.2) is 14.5 Å². The number of fused-ring (bicyclic) bond motifs is 9. The van der Waals surface area contributed by atoms with E-state index in [0.29, 0.717) is 0 Å².